The molecule has 8 N–H and O–H groups in total. The number of aromatic nitrogens is 3. The van der Waals surface area contributed by atoms with Crippen LogP contribution >= 0.6 is 0 Å². The van der Waals surface area contributed by atoms with Gasteiger partial charge >= 0.3 is 24.2 Å². The summed E-state index contributed by atoms with van der Waals surface area (Å²) in [5.41, 5.74) is 7.03. The van der Waals surface area contributed by atoms with Crippen LogP contribution in [0.15, 0.2) is 146 Å². The number of carbonyl (C=O) groups excluding carboxylic acids is 5. The number of halogens is 3. The first-order chi connectivity index (χ1) is 54.2. The molecule has 6 heterocycles. The van der Waals surface area contributed by atoms with E-state index < -0.39 is 45.3 Å². The summed E-state index contributed by atoms with van der Waals surface area (Å²) in [4.78, 5) is 74.8. The van der Waals surface area contributed by atoms with Crippen molar-refractivity contribution in [2.24, 2.45) is 82.9 Å². The van der Waals surface area contributed by atoms with E-state index in [2.05, 4.69) is 59.2 Å². The molecule has 6 saturated carbocycles. The van der Waals surface area contributed by atoms with Crippen LogP contribution < -0.4 is 26.0 Å². The Balaban J connectivity index is 0.000000147. The molecule has 15 rings (SSSR count). The van der Waals surface area contributed by atoms with Crippen LogP contribution in [-0.4, -0.2) is 150 Å². The minimum atomic E-state index is -3.57. The molecular weight excluding hydrogens is 1460 g/mol. The fraction of sp³-hybridized carbons (Fsp3) is 0.488. The summed E-state index contributed by atoms with van der Waals surface area (Å²) in [7, 11) is -3.57. The van der Waals surface area contributed by atoms with Gasteiger partial charge in [0.05, 0.1) is 73.8 Å². The van der Waals surface area contributed by atoms with E-state index >= 15 is 0 Å². The number of aliphatic hydroxyl groups excluding tert-OH is 3. The molecule has 3 aromatic heterocycles. The van der Waals surface area contributed by atoms with Crippen LogP contribution in [0.4, 0.5) is 27.6 Å². The van der Waals surface area contributed by atoms with Crippen molar-refractivity contribution in [3.05, 3.63) is 181 Å². The first kappa shape index (κ1) is 80.7. The minimum Gasteiger partial charge on any atom is -0.462 e. The first-order valence-electron chi connectivity index (χ1n) is 39.6. The number of allylic oxidation sites excluding steroid dienone is 3. The van der Waals surface area contributed by atoms with Crippen molar-refractivity contribution in [3.63, 3.8) is 0 Å². The number of fused-ring (bicyclic) bond motifs is 6. The highest BCUT2D eigenvalue weighted by Gasteiger charge is 2.59. The van der Waals surface area contributed by atoms with Crippen LogP contribution in [0.1, 0.15) is 115 Å². The fourth-order valence-corrected chi connectivity index (χ4v) is 22.2. The summed E-state index contributed by atoms with van der Waals surface area (Å²) in [6.07, 6.45) is 25.5. The molecule has 0 radical (unpaired) electrons. The summed E-state index contributed by atoms with van der Waals surface area (Å²) >= 11 is 0. The van der Waals surface area contributed by atoms with Gasteiger partial charge in [0.25, 0.3) is 0 Å². The molecule has 9 fully saturated rings. The average Bonchev–Trinajstić information content (AvgIpc) is 1.57. The maximum atomic E-state index is 13.6. The van der Waals surface area contributed by atoms with Crippen LogP contribution in [0, 0.1) is 100 Å². The number of carbonyl (C=O) groups is 5. The Kier molecular flexibility index (Phi) is 26.4. The SMILES string of the molecule is CCOC(=O)N[C@@H]1CC[C@@H]2[C@@H](C1)C[C@@H]1[C@H]([C@H]2/C=C/c2ccc(-c3cccc(F)c3)cn2)[C@@H](CO)NS1(=O)=O.CCOC(=O)N[C@@H]1CC[C@@H]2[C@@H](C1)C[C@H]1NC(=O)[C@H](CO)[C@H]1[C@H]2/C=C/c1ccc(-c2cccc(F)c2)cn1.CCOC(=O)N[C@@H]1CC[C@@H]2[C@@H](C1)C[C@H]1OC(=O)[C@H](CO)[C@H]1[C@H]2/C=C/c1ccc(-c2cccc(F)c2)cn1. The van der Waals surface area contributed by atoms with Crippen molar-refractivity contribution in [1.82, 2.24) is 40.9 Å². The van der Waals surface area contributed by atoms with E-state index in [1.165, 1.54) is 36.4 Å². The molecule has 9 aliphatic rings. The number of hydrogen-bond donors (Lipinski definition) is 8. The van der Waals surface area contributed by atoms with Crippen LogP contribution in [0.25, 0.3) is 51.6 Å². The molecule has 0 spiro atoms. The quantitative estimate of drug-likeness (QED) is 0.0293. The van der Waals surface area contributed by atoms with Crippen molar-refractivity contribution in [1.29, 1.82) is 0 Å². The number of amides is 4. The van der Waals surface area contributed by atoms with Gasteiger partial charge in [0, 0.05) is 77.3 Å². The zero-order valence-electron chi connectivity index (χ0n) is 63.2. The number of nitrogens with one attached hydrogen (secondary N) is 5. The second-order valence-corrected chi connectivity index (χ2v) is 33.2. The van der Waals surface area contributed by atoms with Crippen LogP contribution in [-0.2, 0) is 38.6 Å². The molecule has 3 saturated heterocycles. The van der Waals surface area contributed by atoms with E-state index in [9.17, 15) is 60.9 Å². The predicted molar refractivity (Wildman–Crippen MR) is 415 cm³/mol. The molecule has 22 nitrogen and oxygen atoms in total. The van der Waals surface area contributed by atoms with E-state index in [1.807, 2.05) is 72.8 Å². The zero-order valence-corrected chi connectivity index (χ0v) is 64.0. The van der Waals surface area contributed by atoms with Crippen molar-refractivity contribution >= 4 is 58.4 Å². The Labute approximate surface area is 651 Å². The van der Waals surface area contributed by atoms with Crippen molar-refractivity contribution in [3.8, 4) is 33.4 Å². The highest BCUT2D eigenvalue weighted by atomic mass is 32.2. The maximum absolute atomic E-state index is 13.6. The predicted octanol–water partition coefficient (Wildman–Crippen LogP) is 12.5. The largest absolute Gasteiger partial charge is 0.462 e. The topological polar surface area (TPSA) is 316 Å². The number of rotatable bonds is 18. The van der Waals surface area contributed by atoms with E-state index in [1.54, 1.807) is 57.6 Å². The molecule has 6 aromatic rings. The third-order valence-corrected chi connectivity index (χ3v) is 26.9. The average molecular weight is 1560 g/mol. The number of hydrogen-bond acceptors (Lipinski definition) is 17. The highest BCUT2D eigenvalue weighted by molar-refractivity contribution is 7.90. The highest BCUT2D eigenvalue weighted by Crippen LogP contribution is 2.55. The smallest absolute Gasteiger partial charge is 0.407 e. The summed E-state index contributed by atoms with van der Waals surface area (Å²) in [6.45, 7) is 5.65. The number of pyridine rings is 3. The van der Waals surface area contributed by atoms with Crippen molar-refractivity contribution in [2.75, 3.05) is 39.6 Å². The Morgan fingerprint density at radius 3 is 1.29 bits per heavy atom. The van der Waals surface area contributed by atoms with Gasteiger partial charge in [-0.1, -0.05) is 72.8 Å². The van der Waals surface area contributed by atoms with Crippen LogP contribution in [0.2, 0.25) is 0 Å². The summed E-state index contributed by atoms with van der Waals surface area (Å²) in [6, 6.07) is 30.1. The number of esters is 1. The number of aliphatic hydroxyl groups is 3. The van der Waals surface area contributed by atoms with Gasteiger partial charge in [-0.15, -0.1) is 0 Å². The molecule has 596 valence electrons. The third kappa shape index (κ3) is 18.8. The molecular formula is C86H101F3N8O14S. The Hall–Kier alpha value is -9.34. The third-order valence-electron chi connectivity index (χ3n) is 24.9. The fourth-order valence-electron chi connectivity index (χ4n) is 20.1. The van der Waals surface area contributed by atoms with Gasteiger partial charge in [-0.25, -0.2) is 40.7 Å². The normalized spacial score (nSPS) is 31.2. The van der Waals surface area contributed by atoms with Gasteiger partial charge in [-0.05, 0) is 247 Å². The summed E-state index contributed by atoms with van der Waals surface area (Å²) < 4.78 is 90.5. The minimum absolute atomic E-state index is 0.00482. The molecule has 0 bridgehead atoms. The summed E-state index contributed by atoms with van der Waals surface area (Å²) in [5, 5.41) is 41.5. The lowest BCUT2D eigenvalue weighted by Gasteiger charge is -2.48. The lowest BCUT2D eigenvalue weighted by Crippen LogP contribution is -2.50. The van der Waals surface area contributed by atoms with E-state index in [4.69, 9.17) is 18.9 Å². The number of alkyl carbamates (subject to hydrolysis) is 3. The molecule has 3 aliphatic heterocycles. The number of ether oxygens (including phenoxy) is 4. The van der Waals surface area contributed by atoms with Crippen molar-refractivity contribution in [2.45, 2.75) is 139 Å². The van der Waals surface area contributed by atoms with Gasteiger partial charge in [-0.3, -0.25) is 24.5 Å². The second-order valence-electron chi connectivity index (χ2n) is 31.2. The van der Waals surface area contributed by atoms with E-state index in [0.29, 0.717) is 50.4 Å². The van der Waals surface area contributed by atoms with E-state index in [-0.39, 0.29) is 139 Å². The van der Waals surface area contributed by atoms with Gasteiger partial charge in [-0.2, -0.15) is 0 Å². The molecule has 3 aromatic carbocycles. The van der Waals surface area contributed by atoms with Gasteiger partial charge in [0.2, 0.25) is 15.9 Å². The maximum Gasteiger partial charge on any atom is 0.407 e. The Morgan fingerprint density at radius 2 is 0.902 bits per heavy atom. The van der Waals surface area contributed by atoms with Gasteiger partial charge in [0.1, 0.15) is 23.6 Å². The van der Waals surface area contributed by atoms with Crippen molar-refractivity contribution < 1.29 is 79.8 Å². The lowest BCUT2D eigenvalue weighted by molar-refractivity contribution is -0.146. The Morgan fingerprint density at radius 1 is 0.500 bits per heavy atom. The van der Waals surface area contributed by atoms with Gasteiger partial charge < -0.3 is 55.5 Å². The molecule has 112 heavy (non-hydrogen) atoms. The van der Waals surface area contributed by atoms with Crippen LogP contribution in [0.5, 0.6) is 0 Å². The lowest BCUT2D eigenvalue weighted by atomic mass is 9.57. The standard InChI is InChI=1S/C29H34FN3O4.C29H33FN2O5.C28H34FN3O5S/c1-2-37-29(36)32-22-9-10-23-19(13-22)14-26-27(25(16-34)28(35)33-26)24(23)11-8-21-7-6-18(15-31-21)17-4-3-5-20(30)12-17;1-2-36-29(35)32-22-9-10-23-19(13-22)14-26-27(25(16-33)28(34)37-26)24(23)11-8-21-7-6-18(15-31-21)17-4-3-5-20(30)12-17;1-2-37-28(34)31-22-9-10-23-19(13-22)14-26-27(25(16-33)32-38(26,35)36)24(23)11-8-21-7-6-18(15-30-21)17-4-3-5-20(29)12-17/h3-8,11-12,15,19,22-27,34H,2,9-10,13-14,16H2,1H3,(H,32,36)(H,33,35);3-8,11-12,15,19,22-27,33H,2,9-10,13-14,16H2,1H3,(H,32,35);3-8,11-12,15,19,22-27,32-33H,2,9-10,13-14,16H2,1H3,(H,31,34)/b3*11-8+/t3*19-,22+,23+,24-,25+,26+,27+/m000/s1. The number of sulfonamides is 1. The second kappa shape index (κ2) is 36.6. The first-order valence-corrected chi connectivity index (χ1v) is 41.1. The molecule has 26 heteroatoms. The Bertz CT molecular complexity index is 4300. The molecule has 4 amide bonds. The molecule has 6 aliphatic carbocycles. The zero-order chi connectivity index (χ0) is 78.7. The van der Waals surface area contributed by atoms with Crippen LogP contribution in [0.3, 0.4) is 0 Å². The van der Waals surface area contributed by atoms with E-state index in [0.717, 1.165) is 115 Å². The number of nitrogens with zero attached hydrogens (tertiary/aromatic N) is 3. The summed E-state index contributed by atoms with van der Waals surface area (Å²) in [5.74, 6) is -0.832. The molecule has 21 atom stereocenters. The monoisotopic (exact) mass is 1560 g/mol. The molecule has 0 unspecified atom stereocenters. The number of benzene rings is 3. The van der Waals surface area contributed by atoms with Gasteiger partial charge in [0.15, 0.2) is 0 Å².